The molecule has 2 aromatic heterocycles. The Hall–Kier alpha value is -2.93. The van der Waals surface area contributed by atoms with Crippen LogP contribution < -0.4 is 9.64 Å². The highest BCUT2D eigenvalue weighted by Crippen LogP contribution is 2.27. The summed E-state index contributed by atoms with van der Waals surface area (Å²) >= 11 is 0. The predicted molar refractivity (Wildman–Crippen MR) is 98.1 cm³/mol. The topological polar surface area (TPSA) is 73.5 Å². The Kier molecular flexibility index (Phi) is 5.48. The van der Waals surface area contributed by atoms with Crippen molar-refractivity contribution >= 4 is 5.82 Å². The summed E-state index contributed by atoms with van der Waals surface area (Å²) in [5.74, 6) is 2.63. The third-order valence-corrected chi connectivity index (χ3v) is 4.25. The summed E-state index contributed by atoms with van der Waals surface area (Å²) in [6, 6.07) is 12.0. The first-order chi connectivity index (χ1) is 12.6. The summed E-state index contributed by atoms with van der Waals surface area (Å²) in [5.41, 5.74) is 1.92. The van der Waals surface area contributed by atoms with Crippen LogP contribution in [0.4, 0.5) is 5.82 Å². The van der Waals surface area contributed by atoms with Crippen molar-refractivity contribution in [1.29, 1.82) is 0 Å². The molecule has 26 heavy (non-hydrogen) atoms. The molecule has 0 unspecified atom stereocenters. The lowest BCUT2D eigenvalue weighted by Gasteiger charge is -2.26. The highest BCUT2D eigenvalue weighted by atomic mass is 16.5. The summed E-state index contributed by atoms with van der Waals surface area (Å²) in [7, 11) is 5.27. The minimum absolute atomic E-state index is 0.139. The molecule has 0 amide bonds. The average Bonchev–Trinajstić information content (AvgIpc) is 3.16. The van der Waals surface area contributed by atoms with Crippen molar-refractivity contribution in [2.45, 2.75) is 19.6 Å². The minimum Gasteiger partial charge on any atom is -0.497 e. The maximum absolute atomic E-state index is 5.31. The standard InChI is InChI=1S/C19H22N4O3/c1-13(14-6-5-7-16(10-14)25-4)23(2)18-9-8-15(11-20-18)19-21-17(12-24-3)22-26-19/h5-11,13H,12H2,1-4H3/t13-/m1/s1. The van der Waals surface area contributed by atoms with Crippen molar-refractivity contribution in [3.8, 4) is 17.2 Å². The highest BCUT2D eigenvalue weighted by Gasteiger charge is 2.15. The van der Waals surface area contributed by atoms with Gasteiger partial charge in [0.15, 0.2) is 5.82 Å². The molecule has 7 heteroatoms. The van der Waals surface area contributed by atoms with Gasteiger partial charge < -0.3 is 18.9 Å². The molecule has 3 aromatic rings. The molecule has 0 aliphatic carbocycles. The number of pyridine rings is 1. The number of ether oxygens (including phenoxy) is 2. The number of aromatic nitrogens is 3. The van der Waals surface area contributed by atoms with E-state index in [0.29, 0.717) is 18.3 Å². The van der Waals surface area contributed by atoms with Crippen LogP contribution in [0, 0.1) is 0 Å². The predicted octanol–water partition coefficient (Wildman–Crippen LogP) is 3.48. The van der Waals surface area contributed by atoms with Crippen molar-refractivity contribution in [2.24, 2.45) is 0 Å². The third kappa shape index (κ3) is 3.83. The number of hydrogen-bond acceptors (Lipinski definition) is 7. The number of anilines is 1. The van der Waals surface area contributed by atoms with Crippen molar-refractivity contribution in [3.05, 3.63) is 54.0 Å². The Bertz CT molecular complexity index is 848. The second-order valence-electron chi connectivity index (χ2n) is 5.92. The van der Waals surface area contributed by atoms with Crippen LogP contribution in [0.3, 0.4) is 0 Å². The minimum atomic E-state index is 0.139. The fraction of sp³-hybridized carbons (Fsp3) is 0.316. The molecule has 1 aromatic carbocycles. The second kappa shape index (κ2) is 7.97. The Morgan fingerprint density at radius 3 is 2.73 bits per heavy atom. The fourth-order valence-corrected chi connectivity index (χ4v) is 2.60. The lowest BCUT2D eigenvalue weighted by molar-refractivity contribution is 0.174. The van der Waals surface area contributed by atoms with Crippen LogP contribution >= 0.6 is 0 Å². The molecule has 0 saturated heterocycles. The average molecular weight is 354 g/mol. The molecule has 0 fully saturated rings. The Morgan fingerprint density at radius 2 is 2.04 bits per heavy atom. The van der Waals surface area contributed by atoms with Gasteiger partial charge in [0.2, 0.25) is 0 Å². The molecule has 0 N–H and O–H groups in total. The maximum atomic E-state index is 5.31. The van der Waals surface area contributed by atoms with Gasteiger partial charge in [0, 0.05) is 20.4 Å². The van der Waals surface area contributed by atoms with E-state index in [2.05, 4.69) is 33.0 Å². The van der Waals surface area contributed by atoms with E-state index in [1.54, 1.807) is 20.4 Å². The fourth-order valence-electron chi connectivity index (χ4n) is 2.60. The molecular weight excluding hydrogens is 332 g/mol. The molecule has 0 spiro atoms. The van der Waals surface area contributed by atoms with Gasteiger partial charge in [-0.25, -0.2) is 4.98 Å². The van der Waals surface area contributed by atoms with Crippen molar-refractivity contribution in [1.82, 2.24) is 15.1 Å². The van der Waals surface area contributed by atoms with Crippen LogP contribution in [0.1, 0.15) is 24.4 Å². The molecule has 0 bridgehead atoms. The lowest BCUT2D eigenvalue weighted by Crippen LogP contribution is -2.22. The van der Waals surface area contributed by atoms with E-state index in [0.717, 1.165) is 22.7 Å². The highest BCUT2D eigenvalue weighted by molar-refractivity contribution is 5.55. The molecule has 136 valence electrons. The van der Waals surface area contributed by atoms with E-state index in [4.69, 9.17) is 14.0 Å². The quantitative estimate of drug-likeness (QED) is 0.643. The number of methoxy groups -OCH3 is 2. The lowest BCUT2D eigenvalue weighted by atomic mass is 10.1. The Labute approximate surface area is 152 Å². The summed E-state index contributed by atoms with van der Waals surface area (Å²) in [5, 5.41) is 3.86. The zero-order chi connectivity index (χ0) is 18.5. The van der Waals surface area contributed by atoms with Gasteiger partial charge >= 0.3 is 0 Å². The number of hydrogen-bond donors (Lipinski definition) is 0. The van der Waals surface area contributed by atoms with Gasteiger partial charge in [-0.2, -0.15) is 4.98 Å². The van der Waals surface area contributed by atoms with Gasteiger partial charge in [0.25, 0.3) is 5.89 Å². The largest absolute Gasteiger partial charge is 0.497 e. The molecule has 0 radical (unpaired) electrons. The van der Waals surface area contributed by atoms with Gasteiger partial charge in [-0.15, -0.1) is 0 Å². The van der Waals surface area contributed by atoms with Gasteiger partial charge in [0.05, 0.1) is 18.7 Å². The smallest absolute Gasteiger partial charge is 0.259 e. The monoisotopic (exact) mass is 354 g/mol. The van der Waals surface area contributed by atoms with E-state index in [1.165, 1.54) is 0 Å². The molecular formula is C19H22N4O3. The van der Waals surface area contributed by atoms with Gasteiger partial charge in [0.1, 0.15) is 18.2 Å². The van der Waals surface area contributed by atoms with Crippen molar-refractivity contribution < 1.29 is 14.0 Å². The van der Waals surface area contributed by atoms with Gasteiger partial charge in [-0.05, 0) is 36.8 Å². The van der Waals surface area contributed by atoms with Crippen LogP contribution in [0.15, 0.2) is 47.1 Å². The van der Waals surface area contributed by atoms with Gasteiger partial charge in [-0.3, -0.25) is 0 Å². The summed E-state index contributed by atoms with van der Waals surface area (Å²) < 4.78 is 15.5. The van der Waals surface area contributed by atoms with E-state index < -0.39 is 0 Å². The molecule has 0 aliphatic heterocycles. The summed E-state index contributed by atoms with van der Waals surface area (Å²) in [6.45, 7) is 2.44. The zero-order valence-electron chi connectivity index (χ0n) is 15.3. The van der Waals surface area contributed by atoms with Crippen LogP contribution in [0.2, 0.25) is 0 Å². The number of nitrogens with zero attached hydrogens (tertiary/aromatic N) is 4. The van der Waals surface area contributed by atoms with Crippen LogP contribution in [-0.2, 0) is 11.3 Å². The summed E-state index contributed by atoms with van der Waals surface area (Å²) in [6.07, 6.45) is 1.73. The maximum Gasteiger partial charge on any atom is 0.259 e. The van der Waals surface area contributed by atoms with E-state index in [1.807, 2.05) is 37.4 Å². The SMILES string of the molecule is COCc1noc(-c2ccc(N(C)[C@H](C)c3cccc(OC)c3)nc2)n1. The first-order valence-corrected chi connectivity index (χ1v) is 8.27. The molecule has 7 nitrogen and oxygen atoms in total. The van der Waals surface area contributed by atoms with Crippen molar-refractivity contribution in [2.75, 3.05) is 26.2 Å². The van der Waals surface area contributed by atoms with Crippen LogP contribution in [-0.4, -0.2) is 36.4 Å². The molecule has 3 rings (SSSR count). The van der Waals surface area contributed by atoms with Gasteiger partial charge in [-0.1, -0.05) is 17.3 Å². The van der Waals surface area contributed by atoms with Crippen LogP contribution in [0.25, 0.3) is 11.5 Å². The molecule has 1 atom stereocenters. The number of benzene rings is 1. The van der Waals surface area contributed by atoms with Crippen LogP contribution in [0.5, 0.6) is 5.75 Å². The Balaban J connectivity index is 1.76. The van der Waals surface area contributed by atoms with Crippen molar-refractivity contribution in [3.63, 3.8) is 0 Å². The zero-order valence-corrected chi connectivity index (χ0v) is 15.3. The first-order valence-electron chi connectivity index (χ1n) is 8.27. The molecule has 2 heterocycles. The number of rotatable bonds is 7. The van der Waals surface area contributed by atoms with E-state index >= 15 is 0 Å². The second-order valence-corrected chi connectivity index (χ2v) is 5.92. The first kappa shape index (κ1) is 17.9. The summed E-state index contributed by atoms with van der Waals surface area (Å²) in [4.78, 5) is 10.9. The van der Waals surface area contributed by atoms with E-state index in [9.17, 15) is 0 Å². The molecule has 0 aliphatic rings. The van der Waals surface area contributed by atoms with E-state index in [-0.39, 0.29) is 6.04 Å². The normalized spacial score (nSPS) is 12.0. The third-order valence-electron chi connectivity index (χ3n) is 4.25. The Morgan fingerprint density at radius 1 is 1.19 bits per heavy atom. The molecule has 0 saturated carbocycles.